The van der Waals surface area contributed by atoms with Crippen molar-refractivity contribution in [3.05, 3.63) is 0 Å². The van der Waals surface area contributed by atoms with Crippen LogP contribution in [0.15, 0.2) is 0 Å². The summed E-state index contributed by atoms with van der Waals surface area (Å²) in [5.41, 5.74) is 0. The average molecular weight is 2040 g/mol. The van der Waals surface area contributed by atoms with Gasteiger partial charge in [-0.15, -0.1) is 0 Å². The summed E-state index contributed by atoms with van der Waals surface area (Å²) in [7, 11) is -11.1. The summed E-state index contributed by atoms with van der Waals surface area (Å²) in [5.74, 6) is -1.89. The number of amides is 2. The van der Waals surface area contributed by atoms with Gasteiger partial charge in [0.05, 0.1) is 72.7 Å². The number of ether oxygens (including phenoxy) is 21. The summed E-state index contributed by atoms with van der Waals surface area (Å²) in [6.45, 7) is -12.1. The van der Waals surface area contributed by atoms with Gasteiger partial charge in [0, 0.05) is 13.8 Å². The summed E-state index contributed by atoms with van der Waals surface area (Å²) in [6.07, 6.45) is -123. The number of carbonyl (C=O) groups excluding carboxylic acids is 2. The fourth-order valence-corrected chi connectivity index (χ4v) is 17.5. The molecule has 792 valence electrons. The van der Waals surface area contributed by atoms with Crippen LogP contribution in [0, 0.1) is 0 Å². The number of phosphoric ester groups is 2. The van der Waals surface area contributed by atoms with E-state index in [9.17, 15) is 197 Å². The standard InChI is InChI=1S/C70H120N2O62P2/c1-14(80)71-27-38(91)52(21(8-78)116-60(27)105)127-61-28(72-15(2)81)39(92)53(22(9-79)122-61)128-66-51(104)55(130-69-59(44(97)33(86)20(7-77)121-69)134-70-58(46(99)35(88)26(126-70)13-115-136(109,110)111)133-65-49(102)42(95)31(84)18(5-75)119-65)37(90)24(124-66)10-112-62-50(103)54(129-68-57(43(96)32(85)19(6-76)120-68)132-64-48(101)41(94)30(83)17(4-74)118-64)36(89)23(123-62)11-113-67-56(45(98)34(87)25(125-67)12-114-135(106,107)108)131-63-47(100)40(93)29(82)16(3-73)117-63/h16-70,73-79,82-105H,3-13H2,1-2H3,(H,71,80)(H,72,81)(H2,106,107,108)(H2,109,110,111)/t16-,17-,18-,19-,20-,21-,22-,23-,24-,25-,26-,27-,28-,29-,30-,31-,32-,33-,34-,35-,36-,37-,38-,39-,40+,41+,42+,43+,44+,45+,46+,47+,48+,49+,50+,51+,52-,53-,54+,55+,56+,57+,58+,59+,60?,61+,62+,63-,64-,65-,66+,67+,68-,69-,70-/m1/s1. The maximum absolute atomic E-state index is 13.2. The largest absolute Gasteiger partial charge is 0.469 e. The Morgan fingerprint density at radius 1 is 0.228 bits per heavy atom. The predicted molar refractivity (Wildman–Crippen MR) is 407 cm³/mol. The minimum atomic E-state index is -5.57. The Morgan fingerprint density at radius 2 is 0.463 bits per heavy atom. The Balaban J connectivity index is 0.983. The Morgan fingerprint density at radius 3 is 0.824 bits per heavy atom. The Bertz CT molecular complexity index is 3790. The lowest BCUT2D eigenvalue weighted by Gasteiger charge is -2.51. The average Bonchev–Trinajstić information content (AvgIpc) is 0.778. The van der Waals surface area contributed by atoms with Crippen LogP contribution in [0.4, 0.5) is 0 Å². The fourth-order valence-electron chi connectivity index (χ4n) is 16.8. The van der Waals surface area contributed by atoms with Gasteiger partial charge in [-0.3, -0.25) is 18.6 Å². The lowest BCUT2D eigenvalue weighted by Crippen LogP contribution is -2.70. The first-order valence-corrected chi connectivity index (χ1v) is 45.2. The van der Waals surface area contributed by atoms with E-state index in [1.54, 1.807) is 0 Å². The van der Waals surface area contributed by atoms with Gasteiger partial charge in [0.2, 0.25) is 11.8 Å². The highest BCUT2D eigenvalue weighted by Gasteiger charge is 2.63. The van der Waals surface area contributed by atoms with Crippen LogP contribution in [0.5, 0.6) is 0 Å². The summed E-state index contributed by atoms with van der Waals surface area (Å²) in [4.78, 5) is 64.2. The first-order valence-electron chi connectivity index (χ1n) is 42.2. The number of aliphatic hydroxyl groups excluding tert-OH is 31. The summed E-state index contributed by atoms with van der Waals surface area (Å²) >= 11 is 0. The normalized spacial score (nSPS) is 49.6. The second kappa shape index (κ2) is 48.6. The quantitative estimate of drug-likeness (QED) is 0.0257. The van der Waals surface area contributed by atoms with E-state index in [1.807, 2.05) is 0 Å². The topological polar surface area (TPSA) is 1010 Å². The van der Waals surface area contributed by atoms with E-state index in [1.165, 1.54) is 0 Å². The molecule has 1 unspecified atom stereocenters. The van der Waals surface area contributed by atoms with E-state index in [0.717, 1.165) is 13.8 Å². The number of aliphatic hydroxyl groups is 31. The first-order chi connectivity index (χ1) is 63.9. The zero-order chi connectivity index (χ0) is 100. The number of hydrogen-bond donors (Lipinski definition) is 37. The van der Waals surface area contributed by atoms with Gasteiger partial charge in [0.15, 0.2) is 69.2 Å². The highest BCUT2D eigenvalue weighted by molar-refractivity contribution is 7.46. The second-order valence-electron chi connectivity index (χ2n) is 33.6. The van der Waals surface area contributed by atoms with Crippen LogP contribution in [-0.4, -0.2) is 600 Å². The maximum atomic E-state index is 13.2. The number of phosphoric acid groups is 2. The van der Waals surface area contributed by atoms with Crippen LogP contribution in [-0.2, 0) is 127 Å². The molecule has 0 aromatic rings. The van der Waals surface area contributed by atoms with Gasteiger partial charge in [-0.2, -0.15) is 0 Å². The van der Waals surface area contributed by atoms with Crippen molar-refractivity contribution in [2.75, 3.05) is 72.7 Å². The third kappa shape index (κ3) is 25.8. The van der Waals surface area contributed by atoms with Gasteiger partial charge >= 0.3 is 15.6 Å². The molecule has 55 atom stereocenters. The molecule has 0 aromatic heterocycles. The molecule has 0 aliphatic carbocycles. The van der Waals surface area contributed by atoms with Gasteiger partial charge in [-0.1, -0.05) is 0 Å². The minimum absolute atomic E-state index is 0.853. The van der Waals surface area contributed by atoms with Crippen LogP contribution in [0.2, 0.25) is 0 Å². The van der Waals surface area contributed by atoms with Crippen LogP contribution in [0.1, 0.15) is 13.8 Å². The molecule has 37 N–H and O–H groups in total. The van der Waals surface area contributed by atoms with Crippen molar-refractivity contribution in [2.24, 2.45) is 0 Å². The number of carbonyl (C=O) groups is 2. The second-order valence-corrected chi connectivity index (χ2v) is 36.0. The third-order valence-electron chi connectivity index (χ3n) is 24.2. The summed E-state index contributed by atoms with van der Waals surface area (Å²) < 4.78 is 157. The molecular formula is C70H120N2O62P2. The van der Waals surface area contributed by atoms with Gasteiger partial charge in [0.1, 0.15) is 268 Å². The number of hydrogen-bond acceptors (Lipinski definition) is 58. The van der Waals surface area contributed by atoms with Crippen molar-refractivity contribution in [2.45, 2.75) is 351 Å². The van der Waals surface area contributed by atoms with E-state index in [4.69, 9.17) is 99.5 Å². The molecule has 11 heterocycles. The van der Waals surface area contributed by atoms with Crippen molar-refractivity contribution in [1.82, 2.24) is 10.6 Å². The van der Waals surface area contributed by atoms with Gasteiger partial charge in [-0.05, 0) is 0 Å². The highest BCUT2D eigenvalue weighted by atomic mass is 31.2. The van der Waals surface area contributed by atoms with Crippen LogP contribution >= 0.6 is 15.6 Å². The monoisotopic (exact) mass is 2040 g/mol. The van der Waals surface area contributed by atoms with E-state index in [-0.39, 0.29) is 0 Å². The fraction of sp³-hybridized carbons (Fsp3) is 0.971. The molecule has 0 radical (unpaired) electrons. The van der Waals surface area contributed by atoms with Crippen LogP contribution in [0.25, 0.3) is 0 Å². The molecule has 136 heavy (non-hydrogen) atoms. The molecule has 11 aliphatic heterocycles. The third-order valence-corrected chi connectivity index (χ3v) is 25.2. The summed E-state index contributed by atoms with van der Waals surface area (Å²) in [5, 5.41) is 354. The molecular weight excluding hydrogens is 1920 g/mol. The minimum Gasteiger partial charge on any atom is -0.394 e. The molecule has 64 nitrogen and oxygen atoms in total. The SMILES string of the molecule is CC(=O)N[C@H]1[C@H](O[C@H]2[C@H](O)[C@@H](NC(C)=O)C(O)O[C@@H]2CO)O[C@H](CO)[C@@H](O[C@@H]2O[C@H](CO[C@H]3O[C@H](CO[C@H]4O[C@H](COP(=O)(O)O)[C@@H](O)[C@H](O)[C@@H]4O[C@H]4O[C@H](CO)[C@@H](O)[C@H](O)[C@@H]4O)[C@@H](O)[C@H](O[C@H]4O[C@H](CO)[C@@H](O)[C@H](O)[C@@H]4O[C@H]4O[C@H](CO)[C@@H](O)[C@H](O)[C@@H]4O)[C@@H]3O)[C@@H](O)[C@H](O[C@H]3O[C@H](CO)[C@@H](O)[C@H](O)[C@@H]3O[C@H]3O[C@H](COP(=O)(O)O)[C@@H](O)[C@H](O)[C@@H]3O[C@H]3O[C@H](CO)[C@@H](O)[C@H](O)[C@@H]3O)[C@@H]2O)[C@@H]1O. The molecule has 11 fully saturated rings. The predicted octanol–water partition coefficient (Wildman–Crippen LogP) is -24.5. The first kappa shape index (κ1) is 113. The Kier molecular flexibility index (Phi) is 40.5. The lowest BCUT2D eigenvalue weighted by atomic mass is 9.94. The van der Waals surface area contributed by atoms with Crippen LogP contribution in [0.3, 0.4) is 0 Å². The van der Waals surface area contributed by atoms with E-state index in [0.29, 0.717) is 0 Å². The van der Waals surface area contributed by atoms with Crippen molar-refractivity contribution in [3.63, 3.8) is 0 Å². The Labute approximate surface area is 765 Å². The van der Waals surface area contributed by atoms with Gasteiger partial charge in [-0.25, -0.2) is 9.13 Å². The molecule has 11 saturated heterocycles. The lowest BCUT2D eigenvalue weighted by molar-refractivity contribution is -0.408. The van der Waals surface area contributed by atoms with Gasteiger partial charge in [0.25, 0.3) is 0 Å². The molecule has 66 heteroatoms. The smallest absolute Gasteiger partial charge is 0.394 e. The summed E-state index contributed by atoms with van der Waals surface area (Å²) in [6, 6.07) is -3.81. The molecule has 11 rings (SSSR count). The number of nitrogens with one attached hydrogen (secondary N) is 2. The van der Waals surface area contributed by atoms with Crippen molar-refractivity contribution in [1.29, 1.82) is 0 Å². The number of rotatable bonds is 37. The van der Waals surface area contributed by atoms with E-state index < -0.39 is 438 Å². The van der Waals surface area contributed by atoms with Crippen LogP contribution < -0.4 is 10.6 Å². The molecule has 0 aromatic carbocycles. The van der Waals surface area contributed by atoms with Gasteiger partial charge < -0.3 is 288 Å². The zero-order valence-electron chi connectivity index (χ0n) is 71.1. The molecule has 2 amide bonds. The van der Waals surface area contributed by atoms with Crippen molar-refractivity contribution >= 4 is 27.5 Å². The molecule has 0 saturated carbocycles. The highest BCUT2D eigenvalue weighted by Crippen LogP contribution is 2.44. The van der Waals surface area contributed by atoms with Crippen molar-refractivity contribution in [3.8, 4) is 0 Å². The van der Waals surface area contributed by atoms with Crippen molar-refractivity contribution < 1.29 is 305 Å². The molecule has 0 spiro atoms. The maximum Gasteiger partial charge on any atom is 0.469 e. The molecule has 0 bridgehead atoms. The van der Waals surface area contributed by atoms with E-state index >= 15 is 0 Å². The Hall–Kier alpha value is -2.92. The zero-order valence-corrected chi connectivity index (χ0v) is 72.9. The molecule has 11 aliphatic rings. The van der Waals surface area contributed by atoms with E-state index in [2.05, 4.69) is 19.7 Å².